The Kier molecular flexibility index (Phi) is 4.28. The maximum atomic E-state index is 12.2. The molecule has 0 bridgehead atoms. The quantitative estimate of drug-likeness (QED) is 0.779. The van der Waals surface area contributed by atoms with Crippen LogP contribution in [0.5, 0.6) is 0 Å². The van der Waals surface area contributed by atoms with Crippen molar-refractivity contribution in [3.63, 3.8) is 0 Å². The fourth-order valence-electron chi connectivity index (χ4n) is 1.63. The zero-order chi connectivity index (χ0) is 13.9. The molecule has 0 unspecified atom stereocenters. The molecule has 0 saturated carbocycles. The van der Waals surface area contributed by atoms with Gasteiger partial charge in [0.15, 0.2) is 0 Å². The lowest BCUT2D eigenvalue weighted by Gasteiger charge is -2.06. The average molecular weight is 344 g/mol. The predicted molar refractivity (Wildman–Crippen MR) is 78.5 cm³/mol. The molecule has 3 N–H and O–H groups in total. The Hall–Kier alpha value is -1.31. The van der Waals surface area contributed by atoms with Gasteiger partial charge in [0, 0.05) is 28.6 Å². The van der Waals surface area contributed by atoms with Crippen molar-refractivity contribution in [2.24, 2.45) is 0 Å². The number of halogens is 1. The minimum Gasteiger partial charge on any atom is -0.363 e. The van der Waals surface area contributed by atoms with Gasteiger partial charge < -0.3 is 10.3 Å². The minimum atomic E-state index is -3.56. The summed E-state index contributed by atoms with van der Waals surface area (Å²) in [5.41, 5.74) is 1.34. The molecule has 19 heavy (non-hydrogen) atoms. The van der Waals surface area contributed by atoms with Gasteiger partial charge in [-0.25, -0.2) is 8.42 Å². The molecule has 1 aromatic heterocycles. The summed E-state index contributed by atoms with van der Waals surface area (Å²) in [4.78, 5) is 3.14. The van der Waals surface area contributed by atoms with Crippen LogP contribution in [-0.4, -0.2) is 20.4 Å². The van der Waals surface area contributed by atoms with Crippen molar-refractivity contribution in [1.82, 2.24) is 10.3 Å². The molecule has 5 nitrogen and oxygen atoms in total. The zero-order valence-corrected chi connectivity index (χ0v) is 12.7. The molecular weight excluding hydrogens is 330 g/mol. The normalized spacial score (nSPS) is 11.5. The first kappa shape index (κ1) is 14.1. The van der Waals surface area contributed by atoms with Gasteiger partial charge in [0.05, 0.1) is 0 Å². The predicted octanol–water partition coefficient (Wildman–Crippen LogP) is 2.30. The third-order valence-electron chi connectivity index (χ3n) is 2.47. The lowest BCUT2D eigenvalue weighted by Crippen LogP contribution is -2.12. The number of sulfonamides is 1. The summed E-state index contributed by atoms with van der Waals surface area (Å²) in [6.45, 7) is 0.590. The van der Waals surface area contributed by atoms with E-state index in [1.165, 1.54) is 6.20 Å². The number of H-pyrrole nitrogens is 1. The highest BCUT2D eigenvalue weighted by Crippen LogP contribution is 2.20. The van der Waals surface area contributed by atoms with E-state index in [1.807, 2.05) is 6.07 Å². The number of aromatic amines is 1. The van der Waals surface area contributed by atoms with Crippen LogP contribution in [0, 0.1) is 0 Å². The van der Waals surface area contributed by atoms with Crippen molar-refractivity contribution in [2.45, 2.75) is 11.4 Å². The van der Waals surface area contributed by atoms with Gasteiger partial charge in [-0.05, 0) is 31.3 Å². The summed E-state index contributed by atoms with van der Waals surface area (Å²) in [5.74, 6) is 0. The fraction of sp³-hybridized carbons (Fsp3) is 0.167. The van der Waals surface area contributed by atoms with Gasteiger partial charge in [0.1, 0.15) is 4.90 Å². The maximum Gasteiger partial charge on any atom is 0.263 e. The van der Waals surface area contributed by atoms with Crippen molar-refractivity contribution in [2.75, 3.05) is 11.8 Å². The summed E-state index contributed by atoms with van der Waals surface area (Å²) in [6.07, 6.45) is 1.48. The number of benzene rings is 1. The summed E-state index contributed by atoms with van der Waals surface area (Å²) in [5, 5.41) is 2.95. The van der Waals surface area contributed by atoms with E-state index in [4.69, 9.17) is 0 Å². The molecular formula is C12H14BrN3O2S. The van der Waals surface area contributed by atoms with E-state index in [9.17, 15) is 8.42 Å². The van der Waals surface area contributed by atoms with E-state index >= 15 is 0 Å². The number of anilines is 1. The first-order valence-electron chi connectivity index (χ1n) is 5.61. The highest BCUT2D eigenvalue weighted by Gasteiger charge is 2.16. The van der Waals surface area contributed by atoms with Crippen LogP contribution in [0.2, 0.25) is 0 Å². The van der Waals surface area contributed by atoms with Gasteiger partial charge >= 0.3 is 0 Å². The first-order chi connectivity index (χ1) is 9.01. The first-order valence-corrected chi connectivity index (χ1v) is 7.89. The zero-order valence-electron chi connectivity index (χ0n) is 10.3. The van der Waals surface area contributed by atoms with Crippen LogP contribution in [0.25, 0.3) is 0 Å². The third kappa shape index (κ3) is 3.59. The monoisotopic (exact) mass is 343 g/mol. The van der Waals surface area contributed by atoms with Gasteiger partial charge in [-0.15, -0.1) is 0 Å². The van der Waals surface area contributed by atoms with Gasteiger partial charge in [0.25, 0.3) is 10.0 Å². The van der Waals surface area contributed by atoms with Crippen LogP contribution in [0.1, 0.15) is 5.69 Å². The number of hydrogen-bond donors (Lipinski definition) is 3. The van der Waals surface area contributed by atoms with Crippen LogP contribution >= 0.6 is 15.9 Å². The molecule has 1 aromatic carbocycles. The van der Waals surface area contributed by atoms with E-state index in [0.29, 0.717) is 12.2 Å². The maximum absolute atomic E-state index is 12.2. The molecule has 2 rings (SSSR count). The molecule has 0 aliphatic carbocycles. The lowest BCUT2D eigenvalue weighted by atomic mass is 10.3. The molecule has 1 heterocycles. The molecule has 0 aliphatic rings. The number of aromatic nitrogens is 1. The summed E-state index contributed by atoms with van der Waals surface area (Å²) >= 11 is 3.30. The van der Waals surface area contributed by atoms with Crippen LogP contribution in [0.3, 0.4) is 0 Å². The molecule has 0 fully saturated rings. The second-order valence-corrected chi connectivity index (χ2v) is 6.60. The van der Waals surface area contributed by atoms with E-state index in [0.717, 1.165) is 10.2 Å². The smallest absolute Gasteiger partial charge is 0.263 e. The Morgan fingerprint density at radius 1 is 1.32 bits per heavy atom. The second-order valence-electron chi connectivity index (χ2n) is 4.01. The largest absolute Gasteiger partial charge is 0.363 e. The highest BCUT2D eigenvalue weighted by atomic mass is 79.9. The third-order valence-corrected chi connectivity index (χ3v) is 4.32. The van der Waals surface area contributed by atoms with Crippen molar-refractivity contribution in [1.29, 1.82) is 0 Å². The van der Waals surface area contributed by atoms with Gasteiger partial charge in [-0.3, -0.25) is 4.72 Å². The number of nitrogens with one attached hydrogen (secondary N) is 3. The number of rotatable bonds is 5. The topological polar surface area (TPSA) is 74.0 Å². The van der Waals surface area contributed by atoms with Crippen molar-refractivity contribution in [3.05, 3.63) is 46.7 Å². The number of hydrogen-bond acceptors (Lipinski definition) is 3. The molecule has 7 heteroatoms. The Morgan fingerprint density at radius 2 is 2.11 bits per heavy atom. The minimum absolute atomic E-state index is 0.220. The van der Waals surface area contributed by atoms with Crippen LogP contribution < -0.4 is 10.0 Å². The van der Waals surface area contributed by atoms with Gasteiger partial charge in [-0.2, -0.15) is 0 Å². The van der Waals surface area contributed by atoms with Crippen molar-refractivity contribution in [3.8, 4) is 0 Å². The summed E-state index contributed by atoms with van der Waals surface area (Å²) in [6, 6.07) is 8.61. The van der Waals surface area contributed by atoms with Crippen LogP contribution in [0.4, 0.5) is 5.69 Å². The van der Waals surface area contributed by atoms with Crippen LogP contribution in [-0.2, 0) is 16.6 Å². The van der Waals surface area contributed by atoms with Crippen molar-refractivity contribution >= 4 is 31.6 Å². The van der Waals surface area contributed by atoms with Gasteiger partial charge in [-0.1, -0.05) is 22.0 Å². The average Bonchev–Trinajstić information content (AvgIpc) is 2.78. The van der Waals surface area contributed by atoms with E-state index in [-0.39, 0.29) is 4.90 Å². The standard InChI is InChI=1S/C12H14BrN3O2S/c1-14-7-11-6-12(8-15-11)19(17,18)16-10-4-2-3-9(13)5-10/h2-6,8,14-16H,7H2,1H3. The van der Waals surface area contributed by atoms with E-state index in [2.05, 4.69) is 31.0 Å². The Bertz CT molecular complexity index is 667. The van der Waals surface area contributed by atoms with Crippen LogP contribution in [0.15, 0.2) is 45.9 Å². The Balaban J connectivity index is 2.22. The molecule has 0 radical (unpaired) electrons. The van der Waals surface area contributed by atoms with Crippen molar-refractivity contribution < 1.29 is 8.42 Å². The summed E-state index contributed by atoms with van der Waals surface area (Å²) in [7, 11) is -1.76. The molecule has 0 spiro atoms. The lowest BCUT2D eigenvalue weighted by molar-refractivity contribution is 0.601. The SMILES string of the molecule is CNCc1cc(S(=O)(=O)Nc2cccc(Br)c2)c[nH]1. The van der Waals surface area contributed by atoms with E-state index < -0.39 is 10.0 Å². The molecule has 102 valence electrons. The van der Waals surface area contributed by atoms with Gasteiger partial charge in [0.2, 0.25) is 0 Å². The highest BCUT2D eigenvalue weighted by molar-refractivity contribution is 9.10. The molecule has 2 aromatic rings. The Labute approximate surface area is 120 Å². The fourth-order valence-corrected chi connectivity index (χ4v) is 3.10. The molecule has 0 amide bonds. The summed E-state index contributed by atoms with van der Waals surface area (Å²) < 4.78 is 27.7. The molecule has 0 aliphatic heterocycles. The van der Waals surface area contributed by atoms with E-state index in [1.54, 1.807) is 31.3 Å². The Morgan fingerprint density at radius 3 is 2.79 bits per heavy atom. The second kappa shape index (κ2) is 5.77. The molecule has 0 atom stereocenters. The molecule has 0 saturated heterocycles.